The van der Waals surface area contributed by atoms with E-state index in [1.807, 2.05) is 30.3 Å². The van der Waals surface area contributed by atoms with Gasteiger partial charge >= 0.3 is 0 Å². The van der Waals surface area contributed by atoms with Crippen molar-refractivity contribution in [1.82, 2.24) is 9.66 Å². The van der Waals surface area contributed by atoms with E-state index in [9.17, 15) is 9.59 Å². The first kappa shape index (κ1) is 21.4. The number of imide groups is 1. The molecule has 1 saturated heterocycles. The van der Waals surface area contributed by atoms with Crippen molar-refractivity contribution >= 4 is 33.8 Å². The van der Waals surface area contributed by atoms with Gasteiger partial charge in [0.25, 0.3) is 0 Å². The van der Waals surface area contributed by atoms with Crippen molar-refractivity contribution in [1.29, 1.82) is 0 Å². The Morgan fingerprint density at radius 1 is 0.968 bits per heavy atom. The Labute approximate surface area is 180 Å². The summed E-state index contributed by atoms with van der Waals surface area (Å²) in [4.78, 5) is 29.8. The second-order valence-corrected chi connectivity index (χ2v) is 7.57. The molecule has 0 spiro atoms. The Bertz CT molecular complexity index is 1060. The first-order valence-corrected chi connectivity index (χ1v) is 10.8. The highest BCUT2D eigenvalue weighted by molar-refractivity contribution is 6.15. The number of ether oxygens (including phenoxy) is 2. The molecule has 0 atom stereocenters. The Kier molecular flexibility index (Phi) is 6.91. The van der Waals surface area contributed by atoms with Gasteiger partial charge in [0.05, 0.1) is 25.3 Å². The number of hydrogen-bond donors (Lipinski definition) is 1. The molecular formula is C23H28N4O4. The lowest BCUT2D eigenvalue weighted by atomic mass is 10.1. The molecule has 1 aliphatic heterocycles. The number of carbonyl (C=O) groups excluding carboxylic acids is 2. The van der Waals surface area contributed by atoms with Gasteiger partial charge in [-0.05, 0) is 37.0 Å². The van der Waals surface area contributed by atoms with Crippen LogP contribution < -0.4 is 10.7 Å². The second kappa shape index (κ2) is 10.00. The van der Waals surface area contributed by atoms with E-state index in [1.54, 1.807) is 10.9 Å². The smallest absolute Gasteiger partial charge is 0.248 e. The third-order valence-corrected chi connectivity index (χ3v) is 5.44. The van der Waals surface area contributed by atoms with Crippen LogP contribution in [-0.4, -0.2) is 54.4 Å². The molecule has 3 heterocycles. The summed E-state index contributed by atoms with van der Waals surface area (Å²) in [5, 5.41) is 3.24. The number of aromatic nitrogens is 2. The maximum Gasteiger partial charge on any atom is 0.248 e. The van der Waals surface area contributed by atoms with Crippen LogP contribution >= 0.6 is 0 Å². The molecular weight excluding hydrogens is 396 g/mol. The average Bonchev–Trinajstić information content (AvgIpc) is 3.11. The Morgan fingerprint density at radius 3 is 2.48 bits per heavy atom. The van der Waals surface area contributed by atoms with Gasteiger partial charge in [0, 0.05) is 43.0 Å². The van der Waals surface area contributed by atoms with Crippen molar-refractivity contribution in [3.05, 3.63) is 42.1 Å². The van der Waals surface area contributed by atoms with E-state index in [0.29, 0.717) is 57.9 Å². The molecule has 1 aliphatic rings. The zero-order chi connectivity index (χ0) is 21.6. The van der Waals surface area contributed by atoms with Crippen LogP contribution in [0.25, 0.3) is 21.9 Å². The van der Waals surface area contributed by atoms with Crippen LogP contribution in [0.15, 0.2) is 36.5 Å². The topological polar surface area (TPSA) is 99.7 Å². The molecule has 0 unspecified atom stereocenters. The number of benzene rings is 1. The van der Waals surface area contributed by atoms with E-state index in [2.05, 4.69) is 4.98 Å². The molecule has 1 fully saturated rings. The van der Waals surface area contributed by atoms with Gasteiger partial charge < -0.3 is 15.2 Å². The summed E-state index contributed by atoms with van der Waals surface area (Å²) in [6, 6.07) is 9.83. The number of amides is 2. The summed E-state index contributed by atoms with van der Waals surface area (Å²) in [6.07, 6.45) is 4.72. The summed E-state index contributed by atoms with van der Waals surface area (Å²) < 4.78 is 12.7. The molecule has 0 saturated carbocycles. The number of hydrogen-bond acceptors (Lipinski definition) is 6. The van der Waals surface area contributed by atoms with Crippen LogP contribution in [0.3, 0.4) is 0 Å². The summed E-state index contributed by atoms with van der Waals surface area (Å²) >= 11 is 0. The number of aryl methyl sites for hydroxylation is 1. The van der Waals surface area contributed by atoms with Crippen molar-refractivity contribution in [2.45, 2.75) is 32.1 Å². The maximum atomic E-state index is 12.6. The first-order valence-electron chi connectivity index (χ1n) is 10.8. The number of rotatable bonds is 10. The Balaban J connectivity index is 1.59. The van der Waals surface area contributed by atoms with Crippen molar-refractivity contribution in [2.24, 2.45) is 5.73 Å². The van der Waals surface area contributed by atoms with E-state index < -0.39 is 0 Å². The van der Waals surface area contributed by atoms with Gasteiger partial charge in [-0.25, -0.2) is 9.66 Å². The minimum Gasteiger partial charge on any atom is -0.379 e. The molecule has 8 heteroatoms. The number of nitrogens with zero attached hydrogens (tertiary/aromatic N) is 3. The van der Waals surface area contributed by atoms with Gasteiger partial charge in [0.15, 0.2) is 5.65 Å². The third kappa shape index (κ3) is 4.46. The van der Waals surface area contributed by atoms with Crippen molar-refractivity contribution < 1.29 is 19.1 Å². The molecule has 1 aromatic carbocycles. The van der Waals surface area contributed by atoms with Gasteiger partial charge in [-0.3, -0.25) is 9.59 Å². The van der Waals surface area contributed by atoms with E-state index in [4.69, 9.17) is 15.2 Å². The minimum absolute atomic E-state index is 0.184. The summed E-state index contributed by atoms with van der Waals surface area (Å²) in [6.45, 7) is 2.77. The van der Waals surface area contributed by atoms with Crippen LogP contribution in [0.2, 0.25) is 0 Å². The maximum absolute atomic E-state index is 12.6. The van der Waals surface area contributed by atoms with E-state index in [1.165, 1.54) is 5.01 Å². The number of piperidine rings is 1. The highest BCUT2D eigenvalue weighted by atomic mass is 16.5. The van der Waals surface area contributed by atoms with Crippen molar-refractivity contribution in [3.63, 3.8) is 0 Å². The SMILES string of the molecule is NCCOCCOCCCc1ccnc2c1c1ccccc1n2N1C(=O)CCCC1=O. The van der Waals surface area contributed by atoms with Crippen molar-refractivity contribution in [2.75, 3.05) is 38.0 Å². The summed E-state index contributed by atoms with van der Waals surface area (Å²) in [5.74, 6) is -0.368. The standard InChI is InChI=1S/C23H28N4O4/c24-11-14-31-16-15-30-13-4-5-17-10-12-25-23-22(17)18-6-1-2-7-19(18)26(23)27-20(28)8-3-9-21(27)29/h1-2,6-7,10,12H,3-5,8-9,11,13-16,24H2. The Hall–Kier alpha value is -2.81. The van der Waals surface area contributed by atoms with Crippen LogP contribution in [0.5, 0.6) is 0 Å². The minimum atomic E-state index is -0.184. The molecule has 4 rings (SSSR count). The predicted molar refractivity (Wildman–Crippen MR) is 118 cm³/mol. The molecule has 31 heavy (non-hydrogen) atoms. The fourth-order valence-corrected chi connectivity index (χ4v) is 4.07. The lowest BCUT2D eigenvalue weighted by Gasteiger charge is -2.26. The Morgan fingerprint density at radius 2 is 1.71 bits per heavy atom. The average molecular weight is 425 g/mol. The quantitative estimate of drug-likeness (QED) is 0.396. The molecule has 164 valence electrons. The summed E-state index contributed by atoms with van der Waals surface area (Å²) in [7, 11) is 0. The van der Waals surface area contributed by atoms with Gasteiger partial charge in [-0.1, -0.05) is 18.2 Å². The number of pyridine rings is 1. The van der Waals surface area contributed by atoms with Gasteiger partial charge in [-0.2, -0.15) is 5.01 Å². The second-order valence-electron chi connectivity index (χ2n) is 7.57. The molecule has 0 radical (unpaired) electrons. The fourth-order valence-electron chi connectivity index (χ4n) is 4.07. The summed E-state index contributed by atoms with van der Waals surface area (Å²) in [5.41, 5.74) is 7.97. The van der Waals surface area contributed by atoms with E-state index >= 15 is 0 Å². The molecule has 3 aromatic rings. The lowest BCUT2D eigenvalue weighted by Crippen LogP contribution is -2.47. The molecule has 0 bridgehead atoms. The molecule has 2 amide bonds. The number of carbonyl (C=O) groups is 2. The van der Waals surface area contributed by atoms with Crippen LogP contribution in [0, 0.1) is 0 Å². The normalized spacial score (nSPS) is 14.8. The monoisotopic (exact) mass is 424 g/mol. The largest absolute Gasteiger partial charge is 0.379 e. The lowest BCUT2D eigenvalue weighted by molar-refractivity contribution is -0.131. The molecule has 2 N–H and O–H groups in total. The van der Waals surface area contributed by atoms with Crippen molar-refractivity contribution in [3.8, 4) is 0 Å². The molecule has 0 aliphatic carbocycles. The zero-order valence-corrected chi connectivity index (χ0v) is 17.6. The predicted octanol–water partition coefficient (Wildman–Crippen LogP) is 2.29. The molecule has 2 aromatic heterocycles. The zero-order valence-electron chi connectivity index (χ0n) is 17.6. The van der Waals surface area contributed by atoms with Crippen LogP contribution in [0.4, 0.5) is 0 Å². The third-order valence-electron chi connectivity index (χ3n) is 5.44. The number of nitrogens with two attached hydrogens (primary N) is 1. The van der Waals surface area contributed by atoms with Gasteiger partial charge in [0.1, 0.15) is 0 Å². The van der Waals surface area contributed by atoms with Crippen LogP contribution in [0.1, 0.15) is 31.2 Å². The van der Waals surface area contributed by atoms with Crippen LogP contribution in [-0.2, 0) is 25.5 Å². The fraction of sp³-hybridized carbons (Fsp3) is 0.435. The van der Waals surface area contributed by atoms with E-state index in [-0.39, 0.29) is 11.8 Å². The number of fused-ring (bicyclic) bond motifs is 3. The van der Waals surface area contributed by atoms with Gasteiger partial charge in [-0.15, -0.1) is 0 Å². The number of para-hydroxylation sites is 1. The molecule has 8 nitrogen and oxygen atoms in total. The van der Waals surface area contributed by atoms with E-state index in [0.717, 1.165) is 34.7 Å². The highest BCUT2D eigenvalue weighted by Crippen LogP contribution is 2.32. The first-order chi connectivity index (χ1) is 15.2. The highest BCUT2D eigenvalue weighted by Gasteiger charge is 2.31. The van der Waals surface area contributed by atoms with Gasteiger partial charge in [0.2, 0.25) is 11.8 Å².